The third-order valence-electron chi connectivity index (χ3n) is 3.72. The summed E-state index contributed by atoms with van der Waals surface area (Å²) in [6.45, 7) is 6.94. The molecule has 0 aliphatic rings. The Kier molecular flexibility index (Phi) is 3.36. The molecule has 4 heteroatoms. The molecular weight excluding hydrogens is 266 g/mol. The van der Waals surface area contributed by atoms with E-state index < -0.39 is 0 Å². The van der Waals surface area contributed by atoms with Crippen LogP contribution in [0.5, 0.6) is 0 Å². The zero-order valence-corrected chi connectivity index (χ0v) is 12.9. The van der Waals surface area contributed by atoms with Crippen LogP contribution in [0.2, 0.25) is 0 Å². The quantitative estimate of drug-likeness (QED) is 0.797. The molecule has 2 aromatic heterocycles. The number of aryl methyl sites for hydroxylation is 3. The van der Waals surface area contributed by atoms with Gasteiger partial charge in [0.1, 0.15) is 0 Å². The number of nitrogens with zero attached hydrogens (tertiary/aromatic N) is 2. The number of imidazole rings is 1. The smallest absolute Gasteiger partial charge is 0.194 e. The van der Waals surface area contributed by atoms with Crippen LogP contribution in [0.25, 0.3) is 16.2 Å². The lowest BCUT2D eigenvalue weighted by Gasteiger charge is -2.05. The number of thiazole rings is 1. The Balaban J connectivity index is 2.26. The van der Waals surface area contributed by atoms with Gasteiger partial charge in [0.2, 0.25) is 0 Å². The summed E-state index contributed by atoms with van der Waals surface area (Å²) in [6, 6.07) is 8.49. The Morgan fingerprint density at radius 2 is 1.85 bits per heavy atom. The lowest BCUT2D eigenvalue weighted by Crippen LogP contribution is -2.04. The Morgan fingerprint density at radius 3 is 2.45 bits per heavy atom. The molecule has 20 heavy (non-hydrogen) atoms. The molecule has 3 rings (SSSR count). The summed E-state index contributed by atoms with van der Waals surface area (Å²) >= 11 is 1.75. The van der Waals surface area contributed by atoms with Crippen molar-refractivity contribution < 1.29 is 0 Å². The van der Waals surface area contributed by atoms with Crippen molar-refractivity contribution in [1.29, 1.82) is 0 Å². The van der Waals surface area contributed by atoms with Crippen LogP contribution in [-0.4, -0.2) is 9.38 Å². The summed E-state index contributed by atoms with van der Waals surface area (Å²) in [6.07, 6.45) is 1.00. The van der Waals surface area contributed by atoms with Crippen LogP contribution >= 0.6 is 11.3 Å². The second kappa shape index (κ2) is 5.04. The van der Waals surface area contributed by atoms with E-state index in [0.29, 0.717) is 6.54 Å². The van der Waals surface area contributed by atoms with Crippen molar-refractivity contribution in [1.82, 2.24) is 9.38 Å². The van der Waals surface area contributed by atoms with E-state index in [4.69, 9.17) is 10.7 Å². The highest BCUT2D eigenvalue weighted by atomic mass is 32.1. The maximum absolute atomic E-state index is 6.01. The van der Waals surface area contributed by atoms with Gasteiger partial charge in [0.25, 0.3) is 0 Å². The second-order valence-corrected chi connectivity index (χ2v) is 6.24. The molecule has 104 valence electrons. The zero-order valence-electron chi connectivity index (χ0n) is 12.1. The van der Waals surface area contributed by atoms with Crippen molar-refractivity contribution in [2.24, 2.45) is 5.73 Å². The SMILES string of the molecule is CCc1c(C)sc2nc(-c3ccc(C)cc3)c(CN)n12. The molecule has 3 aromatic rings. The van der Waals surface area contributed by atoms with Gasteiger partial charge in [-0.1, -0.05) is 36.8 Å². The van der Waals surface area contributed by atoms with Crippen LogP contribution in [0.3, 0.4) is 0 Å². The molecular formula is C16H19N3S. The van der Waals surface area contributed by atoms with Gasteiger partial charge < -0.3 is 5.73 Å². The third-order valence-corrected chi connectivity index (χ3v) is 4.71. The Bertz CT molecular complexity index is 750. The van der Waals surface area contributed by atoms with E-state index >= 15 is 0 Å². The fraction of sp³-hybridized carbons (Fsp3) is 0.312. The van der Waals surface area contributed by atoms with E-state index in [1.54, 1.807) is 11.3 Å². The molecule has 0 bridgehead atoms. The van der Waals surface area contributed by atoms with Gasteiger partial charge in [-0.3, -0.25) is 4.40 Å². The van der Waals surface area contributed by atoms with Crippen molar-refractivity contribution in [3.05, 3.63) is 46.1 Å². The minimum Gasteiger partial charge on any atom is -0.325 e. The van der Waals surface area contributed by atoms with Crippen LogP contribution in [-0.2, 0) is 13.0 Å². The first kappa shape index (κ1) is 13.3. The molecule has 0 aliphatic heterocycles. The average Bonchev–Trinajstić information content (AvgIpc) is 2.93. The van der Waals surface area contributed by atoms with Gasteiger partial charge in [0.05, 0.1) is 11.4 Å². The van der Waals surface area contributed by atoms with E-state index in [1.165, 1.54) is 16.1 Å². The second-order valence-electron chi connectivity index (χ2n) is 5.05. The molecule has 0 unspecified atom stereocenters. The van der Waals surface area contributed by atoms with Crippen molar-refractivity contribution in [3.8, 4) is 11.3 Å². The highest BCUT2D eigenvalue weighted by Crippen LogP contribution is 2.31. The molecule has 0 saturated heterocycles. The van der Waals surface area contributed by atoms with Gasteiger partial charge >= 0.3 is 0 Å². The number of aromatic nitrogens is 2. The molecule has 1 aromatic carbocycles. The highest BCUT2D eigenvalue weighted by molar-refractivity contribution is 7.17. The zero-order chi connectivity index (χ0) is 14.3. The lowest BCUT2D eigenvalue weighted by molar-refractivity contribution is 0.902. The number of hydrogen-bond acceptors (Lipinski definition) is 3. The maximum Gasteiger partial charge on any atom is 0.194 e. The molecule has 2 heterocycles. The van der Waals surface area contributed by atoms with Crippen LogP contribution in [0, 0.1) is 13.8 Å². The van der Waals surface area contributed by atoms with Crippen molar-refractivity contribution >= 4 is 16.3 Å². The largest absolute Gasteiger partial charge is 0.325 e. The van der Waals surface area contributed by atoms with Crippen molar-refractivity contribution in [3.63, 3.8) is 0 Å². The monoisotopic (exact) mass is 285 g/mol. The van der Waals surface area contributed by atoms with Gasteiger partial charge in [-0.15, -0.1) is 11.3 Å². The molecule has 0 atom stereocenters. The van der Waals surface area contributed by atoms with E-state index in [-0.39, 0.29) is 0 Å². The van der Waals surface area contributed by atoms with E-state index in [0.717, 1.165) is 28.3 Å². The average molecular weight is 285 g/mol. The van der Waals surface area contributed by atoms with Gasteiger partial charge in [0, 0.05) is 22.7 Å². The van der Waals surface area contributed by atoms with Crippen LogP contribution < -0.4 is 5.73 Å². The number of hydrogen-bond donors (Lipinski definition) is 1. The maximum atomic E-state index is 6.01. The molecule has 2 N–H and O–H groups in total. The molecule has 0 saturated carbocycles. The first-order valence-corrected chi connectivity index (χ1v) is 7.74. The lowest BCUT2D eigenvalue weighted by atomic mass is 10.1. The number of nitrogens with two attached hydrogens (primary N) is 1. The normalized spacial score (nSPS) is 11.4. The topological polar surface area (TPSA) is 43.3 Å². The summed E-state index contributed by atoms with van der Waals surface area (Å²) < 4.78 is 2.25. The Hall–Kier alpha value is -1.65. The molecule has 0 spiro atoms. The highest BCUT2D eigenvalue weighted by Gasteiger charge is 2.18. The molecule has 0 aliphatic carbocycles. The Morgan fingerprint density at radius 1 is 1.15 bits per heavy atom. The minimum atomic E-state index is 0.507. The fourth-order valence-electron chi connectivity index (χ4n) is 2.67. The number of rotatable bonds is 3. The summed E-state index contributed by atoms with van der Waals surface area (Å²) in [7, 11) is 0. The van der Waals surface area contributed by atoms with Gasteiger partial charge in [-0.25, -0.2) is 4.98 Å². The predicted octanol–water partition coefficient (Wildman–Crippen LogP) is 3.70. The fourth-order valence-corrected chi connectivity index (χ4v) is 3.75. The summed E-state index contributed by atoms with van der Waals surface area (Å²) in [4.78, 5) is 7.20. The van der Waals surface area contributed by atoms with Crippen molar-refractivity contribution in [2.45, 2.75) is 33.7 Å². The van der Waals surface area contributed by atoms with Gasteiger partial charge in [0.15, 0.2) is 4.96 Å². The van der Waals surface area contributed by atoms with Crippen LogP contribution in [0.1, 0.15) is 28.8 Å². The van der Waals surface area contributed by atoms with E-state index in [2.05, 4.69) is 49.4 Å². The molecule has 0 radical (unpaired) electrons. The molecule has 0 amide bonds. The number of fused-ring (bicyclic) bond motifs is 1. The summed E-state index contributed by atoms with van der Waals surface area (Å²) in [5.74, 6) is 0. The standard InChI is InChI=1S/C16H19N3S/c1-4-13-11(3)20-16-18-15(14(9-17)19(13)16)12-7-5-10(2)6-8-12/h5-8H,4,9,17H2,1-3H3. The summed E-state index contributed by atoms with van der Waals surface area (Å²) in [5, 5.41) is 0. The molecule has 3 nitrogen and oxygen atoms in total. The van der Waals surface area contributed by atoms with Gasteiger partial charge in [-0.05, 0) is 20.3 Å². The van der Waals surface area contributed by atoms with E-state index in [9.17, 15) is 0 Å². The molecule has 0 fully saturated rings. The first-order chi connectivity index (χ1) is 9.65. The first-order valence-electron chi connectivity index (χ1n) is 6.92. The number of benzene rings is 1. The Labute approximate surface area is 123 Å². The van der Waals surface area contributed by atoms with Gasteiger partial charge in [-0.2, -0.15) is 0 Å². The predicted molar refractivity (Wildman–Crippen MR) is 85.2 cm³/mol. The van der Waals surface area contributed by atoms with E-state index in [1.807, 2.05) is 0 Å². The van der Waals surface area contributed by atoms with Crippen molar-refractivity contribution in [2.75, 3.05) is 0 Å². The summed E-state index contributed by atoms with van der Waals surface area (Å²) in [5.41, 5.74) is 11.9. The van der Waals surface area contributed by atoms with Crippen LogP contribution in [0.4, 0.5) is 0 Å². The van der Waals surface area contributed by atoms with Crippen LogP contribution in [0.15, 0.2) is 24.3 Å². The minimum absolute atomic E-state index is 0.507. The third kappa shape index (κ3) is 1.96.